The Kier molecular flexibility index (Phi) is 5.57. The van der Waals surface area contributed by atoms with Crippen LogP contribution in [0.4, 0.5) is 0 Å². The van der Waals surface area contributed by atoms with E-state index < -0.39 is 0 Å². The molecule has 8 heteroatoms. The molecule has 1 aliphatic rings. The second-order valence-corrected chi connectivity index (χ2v) is 7.27. The molecular weight excluding hydrogens is 394 g/mol. The number of nitrogens with zero attached hydrogens (tertiary/aromatic N) is 4. The zero-order valence-corrected chi connectivity index (χ0v) is 16.9. The van der Waals surface area contributed by atoms with E-state index in [1.54, 1.807) is 19.5 Å². The van der Waals surface area contributed by atoms with Crippen LogP contribution in [0.25, 0.3) is 5.82 Å². The summed E-state index contributed by atoms with van der Waals surface area (Å²) in [5.74, 6) is 0.800. The van der Waals surface area contributed by atoms with Crippen molar-refractivity contribution in [1.82, 2.24) is 24.8 Å². The van der Waals surface area contributed by atoms with Crippen LogP contribution in [0.2, 0.25) is 5.02 Å². The van der Waals surface area contributed by atoms with Crippen LogP contribution < -0.4 is 5.32 Å². The van der Waals surface area contributed by atoms with E-state index >= 15 is 0 Å². The number of rotatable bonds is 6. The number of aromatic nitrogens is 3. The molecular formula is C20H20ClN5OS. The molecule has 1 saturated heterocycles. The van der Waals surface area contributed by atoms with Crippen LogP contribution in [0, 0.1) is 0 Å². The summed E-state index contributed by atoms with van der Waals surface area (Å²) in [5, 5.41) is 4.73. The van der Waals surface area contributed by atoms with Crippen molar-refractivity contribution in [1.29, 1.82) is 0 Å². The fraction of sp³-hybridized carbons (Fsp3) is 0.250. The highest BCUT2D eigenvalue weighted by molar-refractivity contribution is 7.80. The van der Waals surface area contributed by atoms with E-state index in [4.69, 9.17) is 28.6 Å². The molecule has 0 spiro atoms. The highest BCUT2D eigenvalue weighted by Gasteiger charge is 2.41. The topological polar surface area (TPSA) is 55.2 Å². The normalized spacial score (nSPS) is 19.1. The van der Waals surface area contributed by atoms with Crippen molar-refractivity contribution < 1.29 is 4.74 Å². The Morgan fingerprint density at radius 3 is 2.79 bits per heavy atom. The molecule has 0 aromatic carbocycles. The number of hydrogen-bond acceptors (Lipinski definition) is 4. The van der Waals surface area contributed by atoms with Crippen LogP contribution in [-0.2, 0) is 4.74 Å². The number of nitrogens with one attached hydrogen (secondary N) is 1. The standard InChI is InChI=1S/C20H20ClN5OS/c1-27-12-11-26-19(18(24-20(26)28)15-5-2-3-9-22-15)16-6-4-10-25(16)17-8-7-14(21)13-23-17/h2-10,13,18-19H,11-12H2,1H3,(H,24,28)/t18-,19-/m0/s1. The molecule has 1 fully saturated rings. The van der Waals surface area contributed by atoms with Crippen LogP contribution in [0.5, 0.6) is 0 Å². The van der Waals surface area contributed by atoms with Gasteiger partial charge < -0.3 is 19.5 Å². The van der Waals surface area contributed by atoms with Crippen LogP contribution in [0.3, 0.4) is 0 Å². The Bertz CT molecular complexity index is 947. The van der Waals surface area contributed by atoms with Gasteiger partial charge in [-0.2, -0.15) is 0 Å². The SMILES string of the molecule is COCCN1C(=S)N[C@@H](c2ccccn2)[C@@H]1c1cccn1-c1ccc(Cl)cn1. The van der Waals surface area contributed by atoms with Gasteiger partial charge in [0.1, 0.15) is 5.82 Å². The average Bonchev–Trinajstić information content (AvgIpc) is 3.32. The molecule has 3 aromatic heterocycles. The Hall–Kier alpha value is -2.48. The maximum absolute atomic E-state index is 6.01. The number of hydrogen-bond donors (Lipinski definition) is 1. The molecule has 6 nitrogen and oxygen atoms in total. The first-order valence-electron chi connectivity index (χ1n) is 8.95. The summed E-state index contributed by atoms with van der Waals surface area (Å²) < 4.78 is 7.37. The highest BCUT2D eigenvalue weighted by atomic mass is 35.5. The lowest BCUT2D eigenvalue weighted by Crippen LogP contribution is -2.33. The van der Waals surface area contributed by atoms with E-state index in [9.17, 15) is 0 Å². The van der Waals surface area contributed by atoms with Gasteiger partial charge >= 0.3 is 0 Å². The summed E-state index contributed by atoms with van der Waals surface area (Å²) >= 11 is 11.7. The Balaban J connectivity index is 1.78. The highest BCUT2D eigenvalue weighted by Crippen LogP contribution is 2.39. The smallest absolute Gasteiger partial charge is 0.170 e. The summed E-state index contributed by atoms with van der Waals surface area (Å²) in [6.45, 7) is 1.25. The van der Waals surface area contributed by atoms with Gasteiger partial charge in [0.05, 0.1) is 29.4 Å². The second-order valence-electron chi connectivity index (χ2n) is 6.45. The molecule has 0 aliphatic carbocycles. The van der Waals surface area contributed by atoms with Crippen LogP contribution in [0.1, 0.15) is 23.5 Å². The van der Waals surface area contributed by atoms with E-state index in [0.717, 1.165) is 17.2 Å². The fourth-order valence-electron chi connectivity index (χ4n) is 3.51. The van der Waals surface area contributed by atoms with Crippen molar-refractivity contribution in [3.05, 3.63) is 77.5 Å². The first-order valence-corrected chi connectivity index (χ1v) is 9.74. The van der Waals surface area contributed by atoms with Gasteiger partial charge in [-0.15, -0.1) is 0 Å². The zero-order chi connectivity index (χ0) is 19.5. The van der Waals surface area contributed by atoms with Crippen molar-refractivity contribution in [3.63, 3.8) is 0 Å². The molecule has 0 bridgehead atoms. The first-order chi connectivity index (χ1) is 13.7. The second kappa shape index (κ2) is 8.26. The molecule has 28 heavy (non-hydrogen) atoms. The van der Waals surface area contributed by atoms with Crippen molar-refractivity contribution in [2.75, 3.05) is 20.3 Å². The molecule has 1 aliphatic heterocycles. The third-order valence-corrected chi connectivity index (χ3v) is 5.35. The van der Waals surface area contributed by atoms with E-state index in [-0.39, 0.29) is 12.1 Å². The van der Waals surface area contributed by atoms with Crippen molar-refractivity contribution in [3.8, 4) is 5.82 Å². The number of pyridine rings is 2. The van der Waals surface area contributed by atoms with Crippen molar-refractivity contribution in [2.45, 2.75) is 12.1 Å². The monoisotopic (exact) mass is 413 g/mol. The molecule has 3 aromatic rings. The molecule has 0 saturated carbocycles. The van der Waals surface area contributed by atoms with Gasteiger partial charge in [0, 0.05) is 37.9 Å². The molecule has 0 unspecified atom stereocenters. The third-order valence-electron chi connectivity index (χ3n) is 4.78. The number of ether oxygens (including phenoxy) is 1. The van der Waals surface area contributed by atoms with Gasteiger partial charge in [0.25, 0.3) is 0 Å². The van der Waals surface area contributed by atoms with E-state index in [1.165, 1.54) is 0 Å². The minimum Gasteiger partial charge on any atom is -0.383 e. The lowest BCUT2D eigenvalue weighted by molar-refractivity contribution is 0.163. The first kappa shape index (κ1) is 18.9. The lowest BCUT2D eigenvalue weighted by Gasteiger charge is -2.28. The minimum atomic E-state index is -0.0773. The van der Waals surface area contributed by atoms with Crippen LogP contribution in [-0.4, -0.2) is 44.8 Å². The van der Waals surface area contributed by atoms with Crippen LogP contribution >= 0.6 is 23.8 Å². The number of thiocarbonyl (C=S) groups is 1. The quantitative estimate of drug-likeness (QED) is 0.624. The van der Waals surface area contributed by atoms with Gasteiger partial charge in [-0.1, -0.05) is 17.7 Å². The maximum atomic E-state index is 6.01. The predicted molar refractivity (Wildman–Crippen MR) is 113 cm³/mol. The summed E-state index contributed by atoms with van der Waals surface area (Å²) in [4.78, 5) is 11.2. The largest absolute Gasteiger partial charge is 0.383 e. The maximum Gasteiger partial charge on any atom is 0.170 e. The molecule has 0 amide bonds. The van der Waals surface area contributed by atoms with Gasteiger partial charge in [-0.05, 0) is 48.6 Å². The van der Waals surface area contributed by atoms with Gasteiger partial charge in [0.15, 0.2) is 5.11 Å². The van der Waals surface area contributed by atoms with Gasteiger partial charge in [-0.25, -0.2) is 4.98 Å². The molecule has 1 N–H and O–H groups in total. The van der Waals surface area contributed by atoms with Gasteiger partial charge in [0.2, 0.25) is 0 Å². The van der Waals surface area contributed by atoms with Crippen LogP contribution in [0.15, 0.2) is 61.1 Å². The Morgan fingerprint density at radius 1 is 1.18 bits per heavy atom. The van der Waals surface area contributed by atoms with E-state index in [2.05, 4.69) is 30.8 Å². The zero-order valence-electron chi connectivity index (χ0n) is 15.3. The van der Waals surface area contributed by atoms with Crippen molar-refractivity contribution >= 4 is 28.9 Å². The fourth-order valence-corrected chi connectivity index (χ4v) is 3.96. The third kappa shape index (κ3) is 3.61. The Morgan fingerprint density at radius 2 is 2.07 bits per heavy atom. The molecule has 0 radical (unpaired) electrons. The number of halogens is 1. The molecule has 4 heterocycles. The summed E-state index contributed by atoms with van der Waals surface area (Å²) in [7, 11) is 1.69. The average molecular weight is 414 g/mol. The van der Waals surface area contributed by atoms with E-state index in [0.29, 0.717) is 23.3 Å². The molecule has 144 valence electrons. The summed E-state index contributed by atoms with van der Waals surface area (Å²) in [5.41, 5.74) is 2.00. The lowest BCUT2D eigenvalue weighted by atomic mass is 10.0. The van der Waals surface area contributed by atoms with Gasteiger partial charge in [-0.3, -0.25) is 4.98 Å². The van der Waals surface area contributed by atoms with E-state index in [1.807, 2.05) is 42.6 Å². The minimum absolute atomic E-state index is 0.0509. The molecule has 4 rings (SSSR count). The van der Waals surface area contributed by atoms with Crippen molar-refractivity contribution in [2.24, 2.45) is 0 Å². The predicted octanol–water partition coefficient (Wildman–Crippen LogP) is 3.54. The summed E-state index contributed by atoms with van der Waals surface area (Å²) in [6.07, 6.45) is 5.45. The summed E-state index contributed by atoms with van der Waals surface area (Å²) in [6, 6.07) is 13.6. The number of methoxy groups -OCH3 is 1. The Labute approximate surface area is 174 Å². The molecule has 2 atom stereocenters.